The molecule has 23 heavy (non-hydrogen) atoms. The van der Waals surface area contributed by atoms with Crippen LogP contribution in [-0.2, 0) is 4.79 Å². The molecule has 4 rings (SSSR count). The first-order chi connectivity index (χ1) is 11.1. The molecule has 1 aromatic heterocycles. The van der Waals surface area contributed by atoms with Crippen molar-refractivity contribution in [2.45, 2.75) is 19.3 Å². The van der Waals surface area contributed by atoms with Crippen molar-refractivity contribution in [1.29, 1.82) is 0 Å². The van der Waals surface area contributed by atoms with Gasteiger partial charge in [-0.05, 0) is 24.6 Å². The van der Waals surface area contributed by atoms with Crippen LogP contribution < -0.4 is 19.8 Å². The van der Waals surface area contributed by atoms with Crippen LogP contribution in [0, 0.1) is 6.92 Å². The molecule has 2 aliphatic rings. The molecule has 1 atom stereocenters. The van der Waals surface area contributed by atoms with Gasteiger partial charge in [0.1, 0.15) is 24.7 Å². The van der Waals surface area contributed by atoms with Gasteiger partial charge in [0.2, 0.25) is 0 Å². The van der Waals surface area contributed by atoms with Gasteiger partial charge in [0.25, 0.3) is 0 Å². The van der Waals surface area contributed by atoms with Crippen molar-refractivity contribution in [2.24, 2.45) is 0 Å². The van der Waals surface area contributed by atoms with E-state index in [2.05, 4.69) is 0 Å². The molecule has 0 aliphatic carbocycles. The fraction of sp³-hybridized carbons (Fsp3) is 0.294. The topological polar surface area (TPSA) is 75.0 Å². The molecular weight excluding hydrogens is 300 g/mol. The highest BCUT2D eigenvalue weighted by atomic mass is 16.6. The third kappa shape index (κ3) is 2.36. The molecule has 0 fully saturated rings. The summed E-state index contributed by atoms with van der Waals surface area (Å²) in [6, 6.07) is 7.00. The normalized spacial score (nSPS) is 19.0. The number of carbonyl (C=O) groups is 1. The number of ether oxygens (including phenoxy) is 3. The maximum absolute atomic E-state index is 12.2. The number of carbonyl (C=O) groups excluding carboxylic acids is 1. The van der Waals surface area contributed by atoms with Crippen molar-refractivity contribution >= 4 is 5.97 Å². The Labute approximate surface area is 131 Å². The number of aryl methyl sites for hydroxylation is 1. The summed E-state index contributed by atoms with van der Waals surface area (Å²) in [5.74, 6) is 1.17. The SMILES string of the molecule is Cc1cc2c(c(=O)o1)[C@H](c1ccc3c(c1)OCCO3)CC(=O)O2. The van der Waals surface area contributed by atoms with Gasteiger partial charge in [-0.1, -0.05) is 6.07 Å². The Morgan fingerprint density at radius 1 is 1.00 bits per heavy atom. The van der Waals surface area contributed by atoms with Gasteiger partial charge < -0.3 is 18.6 Å². The quantitative estimate of drug-likeness (QED) is 0.751. The van der Waals surface area contributed by atoms with E-state index in [1.807, 2.05) is 6.07 Å². The van der Waals surface area contributed by atoms with Gasteiger partial charge in [-0.3, -0.25) is 4.79 Å². The Balaban J connectivity index is 1.84. The summed E-state index contributed by atoms with van der Waals surface area (Å²) in [6.45, 7) is 2.62. The van der Waals surface area contributed by atoms with Gasteiger partial charge in [-0.15, -0.1) is 0 Å². The lowest BCUT2D eigenvalue weighted by molar-refractivity contribution is -0.135. The molecule has 3 heterocycles. The summed E-state index contributed by atoms with van der Waals surface area (Å²) in [6.07, 6.45) is 0.0838. The molecule has 0 radical (unpaired) electrons. The van der Waals surface area contributed by atoms with Crippen molar-refractivity contribution in [3.63, 3.8) is 0 Å². The van der Waals surface area contributed by atoms with Crippen LogP contribution in [0.4, 0.5) is 0 Å². The Morgan fingerprint density at radius 2 is 1.78 bits per heavy atom. The molecule has 1 aromatic carbocycles. The van der Waals surface area contributed by atoms with Crippen LogP contribution in [-0.4, -0.2) is 19.2 Å². The van der Waals surface area contributed by atoms with Crippen LogP contribution in [0.25, 0.3) is 0 Å². The number of benzene rings is 1. The maximum atomic E-state index is 12.2. The Hall–Kier alpha value is -2.76. The second-order valence-electron chi connectivity index (χ2n) is 5.56. The molecule has 6 heteroatoms. The zero-order chi connectivity index (χ0) is 16.0. The van der Waals surface area contributed by atoms with Crippen LogP contribution in [0.2, 0.25) is 0 Å². The van der Waals surface area contributed by atoms with E-state index in [1.54, 1.807) is 25.1 Å². The molecular formula is C17H14O6. The van der Waals surface area contributed by atoms with Gasteiger partial charge in [-0.25, -0.2) is 4.79 Å². The minimum absolute atomic E-state index is 0.0838. The number of rotatable bonds is 1. The summed E-state index contributed by atoms with van der Waals surface area (Å²) < 4.78 is 21.5. The Morgan fingerprint density at radius 3 is 2.61 bits per heavy atom. The van der Waals surface area contributed by atoms with Gasteiger partial charge in [0.15, 0.2) is 11.5 Å². The van der Waals surface area contributed by atoms with Crippen LogP contribution in [0.15, 0.2) is 33.5 Å². The Kier molecular flexibility index (Phi) is 3.11. The van der Waals surface area contributed by atoms with E-state index in [4.69, 9.17) is 18.6 Å². The zero-order valence-corrected chi connectivity index (χ0v) is 12.5. The van der Waals surface area contributed by atoms with Crippen molar-refractivity contribution in [3.8, 4) is 17.2 Å². The zero-order valence-electron chi connectivity index (χ0n) is 12.5. The minimum Gasteiger partial charge on any atom is -0.486 e. The number of esters is 1. The van der Waals surface area contributed by atoms with Crippen molar-refractivity contribution in [3.05, 3.63) is 51.6 Å². The Bertz CT molecular complexity index is 851. The summed E-state index contributed by atoms with van der Waals surface area (Å²) in [7, 11) is 0. The largest absolute Gasteiger partial charge is 0.486 e. The summed E-state index contributed by atoms with van der Waals surface area (Å²) >= 11 is 0. The van der Waals surface area contributed by atoms with E-state index in [-0.39, 0.29) is 18.1 Å². The van der Waals surface area contributed by atoms with Crippen LogP contribution >= 0.6 is 0 Å². The van der Waals surface area contributed by atoms with E-state index >= 15 is 0 Å². The summed E-state index contributed by atoms with van der Waals surface area (Å²) in [5, 5.41) is 0. The summed E-state index contributed by atoms with van der Waals surface area (Å²) in [4.78, 5) is 24.2. The first-order valence-corrected chi connectivity index (χ1v) is 7.36. The second-order valence-corrected chi connectivity index (χ2v) is 5.56. The van der Waals surface area contributed by atoms with Crippen molar-refractivity contribution in [2.75, 3.05) is 13.2 Å². The smallest absolute Gasteiger partial charge is 0.343 e. The average molecular weight is 314 g/mol. The van der Waals surface area contributed by atoms with Gasteiger partial charge in [0.05, 0.1) is 12.0 Å². The fourth-order valence-electron chi connectivity index (χ4n) is 2.99. The van der Waals surface area contributed by atoms with Crippen LogP contribution in [0.5, 0.6) is 17.2 Å². The second kappa shape index (κ2) is 5.15. The lowest BCUT2D eigenvalue weighted by Crippen LogP contribution is -2.27. The molecule has 0 saturated carbocycles. The molecule has 2 aliphatic heterocycles. The molecule has 0 saturated heterocycles. The molecule has 0 unspecified atom stereocenters. The molecule has 0 amide bonds. The summed E-state index contributed by atoms with van der Waals surface area (Å²) in [5.41, 5.74) is 0.683. The van der Waals surface area contributed by atoms with E-state index in [9.17, 15) is 9.59 Å². The molecule has 2 aromatic rings. The molecule has 0 bridgehead atoms. The van der Waals surface area contributed by atoms with Gasteiger partial charge >= 0.3 is 11.6 Å². The van der Waals surface area contributed by atoms with Crippen LogP contribution in [0.1, 0.15) is 29.2 Å². The number of fused-ring (bicyclic) bond motifs is 2. The monoisotopic (exact) mass is 314 g/mol. The van der Waals surface area contributed by atoms with Crippen molar-refractivity contribution in [1.82, 2.24) is 0 Å². The standard InChI is InChI=1S/C17H14O6/c1-9-6-14-16(17(19)22-9)11(8-15(18)23-14)10-2-3-12-13(7-10)21-5-4-20-12/h2-3,6-7,11H,4-5,8H2,1H3/t11-/m0/s1. The molecule has 118 valence electrons. The first kappa shape index (κ1) is 13.9. The predicted molar refractivity (Wildman–Crippen MR) is 79.2 cm³/mol. The molecule has 6 nitrogen and oxygen atoms in total. The minimum atomic E-state index is -0.479. The highest BCUT2D eigenvalue weighted by Crippen LogP contribution is 2.40. The van der Waals surface area contributed by atoms with E-state index < -0.39 is 11.5 Å². The first-order valence-electron chi connectivity index (χ1n) is 7.36. The lowest BCUT2D eigenvalue weighted by atomic mass is 9.87. The number of hydrogen-bond donors (Lipinski definition) is 0. The van der Waals surface area contributed by atoms with Gasteiger partial charge in [0, 0.05) is 12.0 Å². The van der Waals surface area contributed by atoms with Crippen LogP contribution in [0.3, 0.4) is 0 Å². The average Bonchev–Trinajstić information content (AvgIpc) is 2.53. The van der Waals surface area contributed by atoms with Crippen molar-refractivity contribution < 1.29 is 23.4 Å². The maximum Gasteiger partial charge on any atom is 0.343 e. The highest BCUT2D eigenvalue weighted by Gasteiger charge is 2.33. The molecule has 0 spiro atoms. The molecule has 0 N–H and O–H groups in total. The lowest BCUT2D eigenvalue weighted by Gasteiger charge is -2.25. The van der Waals surface area contributed by atoms with E-state index in [1.165, 1.54) is 0 Å². The van der Waals surface area contributed by atoms with E-state index in [0.717, 1.165) is 5.56 Å². The predicted octanol–water partition coefficient (Wildman–Crippen LogP) is 2.16. The number of hydrogen-bond acceptors (Lipinski definition) is 6. The third-order valence-electron chi connectivity index (χ3n) is 3.99. The third-order valence-corrected chi connectivity index (χ3v) is 3.99. The fourth-order valence-corrected chi connectivity index (χ4v) is 2.99. The highest BCUT2D eigenvalue weighted by molar-refractivity contribution is 5.77. The van der Waals surface area contributed by atoms with E-state index in [0.29, 0.717) is 36.0 Å². The van der Waals surface area contributed by atoms with Gasteiger partial charge in [-0.2, -0.15) is 0 Å².